The molecule has 0 aliphatic rings. The zero-order valence-electron chi connectivity index (χ0n) is 17.3. The monoisotopic (exact) mass is 467 g/mol. The lowest BCUT2D eigenvalue weighted by Gasteiger charge is -2.11. The van der Waals surface area contributed by atoms with Gasteiger partial charge in [-0.3, -0.25) is 25.0 Å². The van der Waals surface area contributed by atoms with E-state index in [1.165, 1.54) is 6.07 Å². The van der Waals surface area contributed by atoms with Crippen LogP contribution in [0.2, 0.25) is 0 Å². The van der Waals surface area contributed by atoms with Crippen LogP contribution in [-0.2, 0) is 19.0 Å². The number of amides is 2. The van der Waals surface area contributed by atoms with Gasteiger partial charge in [0.1, 0.15) is 6.20 Å². The molecule has 2 amide bonds. The van der Waals surface area contributed by atoms with Crippen molar-refractivity contribution in [3.05, 3.63) is 46.1 Å². The highest BCUT2D eigenvalue weighted by Crippen LogP contribution is 2.26. The van der Waals surface area contributed by atoms with Crippen molar-refractivity contribution in [1.29, 1.82) is 0 Å². The van der Waals surface area contributed by atoms with E-state index in [0.29, 0.717) is 45.3 Å². The second kappa shape index (κ2) is 14.2. The Balaban J connectivity index is 1.73. The zero-order valence-corrected chi connectivity index (χ0v) is 18.1. The summed E-state index contributed by atoms with van der Waals surface area (Å²) in [6.07, 6.45) is 1.16. The SMILES string of the molecule is NCCOCCOCCOCCC(=O)Nc1ccccc1C(=O)Nc1ncc([N+](=O)[O-])s1. The van der Waals surface area contributed by atoms with Gasteiger partial charge in [-0.2, -0.15) is 0 Å². The second-order valence-electron chi connectivity index (χ2n) is 6.18. The maximum absolute atomic E-state index is 12.5. The van der Waals surface area contributed by atoms with Crippen molar-refractivity contribution in [1.82, 2.24) is 4.98 Å². The molecule has 2 aromatic rings. The van der Waals surface area contributed by atoms with Gasteiger partial charge >= 0.3 is 5.00 Å². The van der Waals surface area contributed by atoms with Crippen molar-refractivity contribution in [2.45, 2.75) is 6.42 Å². The summed E-state index contributed by atoms with van der Waals surface area (Å²) in [4.78, 5) is 38.7. The molecule has 4 N–H and O–H groups in total. The number of thiazole rings is 1. The molecule has 0 aliphatic heterocycles. The van der Waals surface area contributed by atoms with Crippen molar-refractivity contribution in [2.75, 3.05) is 56.8 Å². The molecule has 1 aromatic carbocycles. The number of nitrogens with two attached hydrogens (primary N) is 1. The Kier molecular flexibility index (Phi) is 11.2. The number of nitrogens with zero attached hydrogens (tertiary/aromatic N) is 2. The Hall–Kier alpha value is -2.97. The maximum atomic E-state index is 12.5. The number of rotatable bonds is 15. The molecule has 1 heterocycles. The van der Waals surface area contributed by atoms with Crippen LogP contribution in [0.5, 0.6) is 0 Å². The van der Waals surface area contributed by atoms with Crippen LogP contribution < -0.4 is 16.4 Å². The van der Waals surface area contributed by atoms with Crippen LogP contribution in [0.25, 0.3) is 0 Å². The molecule has 13 heteroatoms. The number of nitrogens with one attached hydrogen (secondary N) is 2. The molecule has 1 aromatic heterocycles. The van der Waals surface area contributed by atoms with E-state index in [9.17, 15) is 19.7 Å². The van der Waals surface area contributed by atoms with Crippen molar-refractivity contribution in [2.24, 2.45) is 5.73 Å². The van der Waals surface area contributed by atoms with Crippen LogP contribution in [0.3, 0.4) is 0 Å². The van der Waals surface area contributed by atoms with Gasteiger partial charge in [0.05, 0.1) is 62.2 Å². The van der Waals surface area contributed by atoms with E-state index in [-0.39, 0.29) is 34.6 Å². The van der Waals surface area contributed by atoms with E-state index in [4.69, 9.17) is 19.9 Å². The summed E-state index contributed by atoms with van der Waals surface area (Å²) in [5.74, 6) is -0.875. The number of hydrogen-bond acceptors (Lipinski definition) is 10. The second-order valence-corrected chi connectivity index (χ2v) is 7.19. The molecule has 0 atom stereocenters. The van der Waals surface area contributed by atoms with Crippen molar-refractivity contribution in [3.8, 4) is 0 Å². The Bertz CT molecular complexity index is 892. The fourth-order valence-corrected chi connectivity index (χ4v) is 2.99. The first-order valence-corrected chi connectivity index (χ1v) is 10.6. The highest BCUT2D eigenvalue weighted by Gasteiger charge is 2.17. The molecule has 0 spiro atoms. The normalized spacial score (nSPS) is 10.7. The average molecular weight is 468 g/mol. The number of ether oxygens (including phenoxy) is 3. The van der Waals surface area contributed by atoms with E-state index in [2.05, 4.69) is 15.6 Å². The van der Waals surface area contributed by atoms with Gasteiger partial charge in [0.2, 0.25) is 5.91 Å². The largest absolute Gasteiger partial charge is 0.379 e. The molecule has 0 radical (unpaired) electrons. The molecule has 32 heavy (non-hydrogen) atoms. The molecule has 0 aliphatic carbocycles. The summed E-state index contributed by atoms with van der Waals surface area (Å²) in [5.41, 5.74) is 5.81. The summed E-state index contributed by atoms with van der Waals surface area (Å²) < 4.78 is 15.8. The summed E-state index contributed by atoms with van der Waals surface area (Å²) in [6, 6.07) is 6.42. The van der Waals surface area contributed by atoms with E-state index < -0.39 is 10.8 Å². The maximum Gasteiger partial charge on any atom is 0.345 e. The molecule has 0 bridgehead atoms. The molecule has 0 fully saturated rings. The number of anilines is 2. The van der Waals surface area contributed by atoms with Gasteiger partial charge < -0.3 is 25.3 Å². The van der Waals surface area contributed by atoms with Crippen molar-refractivity contribution in [3.63, 3.8) is 0 Å². The topological polar surface area (TPSA) is 168 Å². The number of para-hydroxylation sites is 1. The van der Waals surface area contributed by atoms with E-state index in [1.807, 2.05) is 0 Å². The number of carbonyl (C=O) groups excluding carboxylic acids is 2. The molecule has 0 saturated heterocycles. The van der Waals surface area contributed by atoms with Gasteiger partial charge in [-0.25, -0.2) is 4.98 Å². The van der Waals surface area contributed by atoms with Crippen LogP contribution in [-0.4, -0.2) is 67.9 Å². The summed E-state index contributed by atoms with van der Waals surface area (Å²) >= 11 is 0.739. The highest BCUT2D eigenvalue weighted by molar-refractivity contribution is 7.18. The fourth-order valence-electron chi connectivity index (χ4n) is 2.37. The summed E-state index contributed by atoms with van der Waals surface area (Å²) in [7, 11) is 0. The van der Waals surface area contributed by atoms with E-state index in [1.54, 1.807) is 18.2 Å². The first kappa shape index (κ1) is 25.3. The number of nitro groups is 1. The Morgan fingerprint density at radius 3 is 2.34 bits per heavy atom. The van der Waals surface area contributed by atoms with E-state index in [0.717, 1.165) is 17.5 Å². The van der Waals surface area contributed by atoms with Gasteiger partial charge in [-0.05, 0) is 23.5 Å². The third-order valence-electron chi connectivity index (χ3n) is 3.82. The molecular formula is C19H25N5O7S. The van der Waals surface area contributed by atoms with Crippen LogP contribution in [0.15, 0.2) is 30.5 Å². The van der Waals surface area contributed by atoms with Gasteiger partial charge in [-0.15, -0.1) is 0 Å². The van der Waals surface area contributed by atoms with Crippen molar-refractivity contribution < 1.29 is 28.7 Å². The van der Waals surface area contributed by atoms with Crippen LogP contribution in [0, 0.1) is 10.1 Å². The Labute approximate surface area is 188 Å². The minimum absolute atomic E-state index is 0.0874. The predicted molar refractivity (Wildman–Crippen MR) is 118 cm³/mol. The lowest BCUT2D eigenvalue weighted by molar-refractivity contribution is -0.380. The van der Waals surface area contributed by atoms with Crippen LogP contribution >= 0.6 is 11.3 Å². The number of carbonyl (C=O) groups is 2. The van der Waals surface area contributed by atoms with E-state index >= 15 is 0 Å². The molecule has 0 saturated carbocycles. The minimum atomic E-state index is -0.590. The number of aromatic nitrogens is 1. The lowest BCUT2D eigenvalue weighted by atomic mass is 10.1. The van der Waals surface area contributed by atoms with Gasteiger partial charge in [0.15, 0.2) is 5.13 Å². The van der Waals surface area contributed by atoms with Crippen molar-refractivity contribution >= 4 is 39.0 Å². The molecule has 12 nitrogen and oxygen atoms in total. The van der Waals surface area contributed by atoms with Gasteiger partial charge in [0.25, 0.3) is 5.91 Å². The smallest absolute Gasteiger partial charge is 0.345 e. The molecule has 0 unspecified atom stereocenters. The first-order valence-electron chi connectivity index (χ1n) is 9.75. The molecular weight excluding hydrogens is 442 g/mol. The average Bonchev–Trinajstić information content (AvgIpc) is 3.24. The third kappa shape index (κ3) is 9.03. The van der Waals surface area contributed by atoms with Crippen LogP contribution in [0.4, 0.5) is 15.8 Å². The Morgan fingerprint density at radius 2 is 1.69 bits per heavy atom. The molecule has 2 rings (SSSR count). The highest BCUT2D eigenvalue weighted by atomic mass is 32.1. The predicted octanol–water partition coefficient (Wildman–Crippen LogP) is 1.64. The summed E-state index contributed by atoms with van der Waals surface area (Å²) in [6.45, 7) is 2.78. The molecule has 174 valence electrons. The lowest BCUT2D eigenvalue weighted by Crippen LogP contribution is -2.19. The first-order chi connectivity index (χ1) is 15.5. The third-order valence-corrected chi connectivity index (χ3v) is 4.68. The Morgan fingerprint density at radius 1 is 1.03 bits per heavy atom. The zero-order chi connectivity index (χ0) is 23.2. The fraction of sp³-hybridized carbons (Fsp3) is 0.421. The quantitative estimate of drug-likeness (QED) is 0.200. The number of benzene rings is 1. The van der Waals surface area contributed by atoms with Gasteiger partial charge in [-0.1, -0.05) is 12.1 Å². The van der Waals surface area contributed by atoms with Gasteiger partial charge in [0, 0.05) is 6.54 Å². The summed E-state index contributed by atoms with van der Waals surface area (Å²) in [5, 5.41) is 15.8. The minimum Gasteiger partial charge on any atom is -0.379 e. The number of hydrogen-bond donors (Lipinski definition) is 3. The van der Waals surface area contributed by atoms with Crippen LogP contribution in [0.1, 0.15) is 16.8 Å². The standard InChI is InChI=1S/C19H25N5O7S/c20-6-8-30-10-12-31-11-9-29-7-5-16(25)22-15-4-2-1-3-14(15)18(26)23-19-21-13-17(32-19)24(27)28/h1-4,13H,5-12,20H2,(H,22,25)(H,21,23,26).